The molecule has 0 aromatic heterocycles. The quantitative estimate of drug-likeness (QED) is 0.489. The van der Waals surface area contributed by atoms with Crippen LogP contribution in [0.5, 0.6) is 5.75 Å². The van der Waals surface area contributed by atoms with Crippen molar-refractivity contribution >= 4 is 0 Å². The second-order valence-electron chi connectivity index (χ2n) is 1.34. The minimum atomic E-state index is 0. The monoisotopic (exact) mass is 187 g/mol. The zero-order valence-corrected chi connectivity index (χ0v) is 9.22. The van der Waals surface area contributed by atoms with Crippen molar-refractivity contribution in [2.45, 2.75) is 6.92 Å². The van der Waals surface area contributed by atoms with Gasteiger partial charge in [-0.15, -0.1) is 0 Å². The maximum atomic E-state index is 8.63. The number of hydrogen-bond acceptors (Lipinski definition) is 1. The minimum Gasteiger partial charge on any atom is -0.508 e. The summed E-state index contributed by atoms with van der Waals surface area (Å²) in [6.07, 6.45) is 0. The zero-order valence-electron chi connectivity index (χ0n) is 6.25. The molecule has 0 saturated heterocycles. The molecule has 0 spiro atoms. The smallest absolute Gasteiger partial charge is 0.115 e. The third kappa shape index (κ3) is 5.77. The van der Waals surface area contributed by atoms with Gasteiger partial charge in [-0.25, -0.2) is 0 Å². The van der Waals surface area contributed by atoms with Gasteiger partial charge >= 0.3 is 0 Å². The first-order valence-electron chi connectivity index (χ1n) is 2.84. The van der Waals surface area contributed by atoms with Gasteiger partial charge in [-0.2, -0.15) is 6.92 Å². The number of hydrogen-bond donors (Lipinski definition) is 1. The third-order valence-corrected chi connectivity index (χ3v) is 0.756. The van der Waals surface area contributed by atoms with Crippen LogP contribution in [0.15, 0.2) is 30.3 Å². The molecule has 1 aromatic carbocycles. The maximum Gasteiger partial charge on any atom is 0.115 e. The molecular weight excluding hydrogens is 177 g/mol. The van der Waals surface area contributed by atoms with E-state index in [0.29, 0.717) is 5.75 Å². The first-order valence-corrected chi connectivity index (χ1v) is 2.84. The number of phenolic OH excluding ortho intramolecular Hbond substituents is 1. The maximum absolute atomic E-state index is 8.63. The van der Waals surface area contributed by atoms with Gasteiger partial charge in [0.2, 0.25) is 0 Å². The van der Waals surface area contributed by atoms with Crippen molar-refractivity contribution < 1.29 is 24.6 Å². The molecule has 0 amide bonds. The second-order valence-corrected chi connectivity index (χ2v) is 1.34. The van der Waals surface area contributed by atoms with Gasteiger partial charge in [-0.3, -0.25) is 0 Å². The van der Waals surface area contributed by atoms with E-state index in [4.69, 9.17) is 5.11 Å². The molecule has 1 aromatic rings. The molecule has 0 aliphatic rings. The molecule has 2 heteroatoms. The van der Waals surface area contributed by atoms with E-state index in [1.165, 1.54) is 0 Å². The molecule has 0 heterocycles. The van der Waals surface area contributed by atoms with Crippen LogP contribution in [0.25, 0.3) is 0 Å². The standard InChI is InChI=1S/C6H6O.C2H5.Zn/c7-6-4-2-1-3-5-6;1-2;/h1-5,7H;1H2,2H3;/q;-1;. The number of rotatable bonds is 0. The fraction of sp³-hybridized carbons (Fsp3) is 0.125. The van der Waals surface area contributed by atoms with Gasteiger partial charge in [0.05, 0.1) is 0 Å². The Labute approximate surface area is 74.8 Å². The van der Waals surface area contributed by atoms with Crippen molar-refractivity contribution in [2.24, 2.45) is 0 Å². The Balaban J connectivity index is 0. The van der Waals surface area contributed by atoms with Crippen LogP contribution in [0.1, 0.15) is 6.92 Å². The van der Waals surface area contributed by atoms with E-state index in [2.05, 4.69) is 6.92 Å². The van der Waals surface area contributed by atoms with Crippen molar-refractivity contribution in [3.8, 4) is 5.75 Å². The van der Waals surface area contributed by atoms with E-state index in [1.807, 2.05) is 6.07 Å². The molecule has 1 rings (SSSR count). The number of phenols is 1. The molecule has 0 atom stereocenters. The fourth-order valence-corrected chi connectivity index (χ4v) is 0.428. The molecule has 0 unspecified atom stereocenters. The molecule has 1 N–H and O–H groups in total. The second kappa shape index (κ2) is 8.64. The average molecular weight is 189 g/mol. The topological polar surface area (TPSA) is 20.2 Å². The molecule has 0 fully saturated rings. The Bertz CT molecular complexity index is 139. The summed E-state index contributed by atoms with van der Waals surface area (Å²) in [6.45, 7) is 5.00. The summed E-state index contributed by atoms with van der Waals surface area (Å²) in [6, 6.07) is 8.71. The number of aromatic hydroxyl groups is 1. The largest absolute Gasteiger partial charge is 0.508 e. The van der Waals surface area contributed by atoms with Crippen LogP contribution in [0, 0.1) is 6.92 Å². The minimum absolute atomic E-state index is 0. The van der Waals surface area contributed by atoms with Crippen molar-refractivity contribution in [3.05, 3.63) is 37.3 Å². The van der Waals surface area contributed by atoms with Gasteiger partial charge in [0, 0.05) is 19.5 Å². The normalized spacial score (nSPS) is 6.60. The van der Waals surface area contributed by atoms with Crippen LogP contribution >= 0.6 is 0 Å². The van der Waals surface area contributed by atoms with Crippen LogP contribution < -0.4 is 0 Å². The molecule has 0 aliphatic carbocycles. The van der Waals surface area contributed by atoms with Crippen LogP contribution in [0.2, 0.25) is 0 Å². The Morgan fingerprint density at radius 1 is 1.10 bits per heavy atom. The van der Waals surface area contributed by atoms with Gasteiger partial charge in [0.1, 0.15) is 5.75 Å². The summed E-state index contributed by atoms with van der Waals surface area (Å²) in [7, 11) is 0. The Hall–Kier alpha value is -0.357. The molecule has 0 bridgehead atoms. The van der Waals surface area contributed by atoms with Crippen LogP contribution in [-0.2, 0) is 19.5 Å². The summed E-state index contributed by atoms with van der Waals surface area (Å²) >= 11 is 0. The Kier molecular flexibility index (Phi) is 10.7. The third-order valence-electron chi connectivity index (χ3n) is 0.756. The van der Waals surface area contributed by atoms with Crippen molar-refractivity contribution in [3.63, 3.8) is 0 Å². The van der Waals surface area contributed by atoms with Gasteiger partial charge in [0.15, 0.2) is 0 Å². The van der Waals surface area contributed by atoms with E-state index >= 15 is 0 Å². The van der Waals surface area contributed by atoms with Gasteiger partial charge in [-0.1, -0.05) is 18.2 Å². The van der Waals surface area contributed by atoms with Crippen molar-refractivity contribution in [2.75, 3.05) is 0 Å². The van der Waals surface area contributed by atoms with Crippen molar-refractivity contribution in [1.29, 1.82) is 0 Å². The molecule has 0 saturated carbocycles. The summed E-state index contributed by atoms with van der Waals surface area (Å²) in [5.74, 6) is 0.322. The predicted octanol–water partition coefficient (Wildman–Crippen LogP) is 2.23. The van der Waals surface area contributed by atoms with E-state index < -0.39 is 0 Å². The summed E-state index contributed by atoms with van der Waals surface area (Å²) in [5.41, 5.74) is 0. The summed E-state index contributed by atoms with van der Waals surface area (Å²) < 4.78 is 0. The Morgan fingerprint density at radius 2 is 1.50 bits per heavy atom. The zero-order chi connectivity index (χ0) is 7.11. The molecule has 10 heavy (non-hydrogen) atoms. The van der Waals surface area contributed by atoms with Crippen LogP contribution in [-0.4, -0.2) is 5.11 Å². The molecule has 1 nitrogen and oxygen atoms in total. The number of para-hydroxylation sites is 1. The molecule has 52 valence electrons. The van der Waals surface area contributed by atoms with Crippen LogP contribution in [0.3, 0.4) is 0 Å². The first kappa shape index (κ1) is 12.3. The molecule has 0 radical (unpaired) electrons. The van der Waals surface area contributed by atoms with Gasteiger partial charge < -0.3 is 12.0 Å². The fourth-order valence-electron chi connectivity index (χ4n) is 0.428. The summed E-state index contributed by atoms with van der Waals surface area (Å²) in [4.78, 5) is 0. The van der Waals surface area contributed by atoms with Crippen LogP contribution in [0.4, 0.5) is 0 Å². The first-order chi connectivity index (χ1) is 4.39. The summed E-state index contributed by atoms with van der Waals surface area (Å²) in [5, 5.41) is 8.63. The van der Waals surface area contributed by atoms with E-state index in [0.717, 1.165) is 0 Å². The van der Waals surface area contributed by atoms with Crippen molar-refractivity contribution in [1.82, 2.24) is 0 Å². The Morgan fingerprint density at radius 3 is 1.70 bits per heavy atom. The van der Waals surface area contributed by atoms with Gasteiger partial charge in [0.25, 0.3) is 0 Å². The molecular formula is C8H11OZn-. The SMILES string of the molecule is Oc1ccccc1.[CH2-]C.[Zn]. The van der Waals surface area contributed by atoms with E-state index in [1.54, 1.807) is 31.2 Å². The number of benzene rings is 1. The predicted molar refractivity (Wildman–Crippen MR) is 39.1 cm³/mol. The van der Waals surface area contributed by atoms with Gasteiger partial charge in [-0.05, 0) is 12.1 Å². The van der Waals surface area contributed by atoms with E-state index in [-0.39, 0.29) is 19.5 Å². The van der Waals surface area contributed by atoms with E-state index in [9.17, 15) is 0 Å². The molecule has 0 aliphatic heterocycles. The average Bonchev–Trinajstić information content (AvgIpc) is 1.94.